The first-order valence-corrected chi connectivity index (χ1v) is 6.59. The summed E-state index contributed by atoms with van der Waals surface area (Å²) >= 11 is 0. The predicted octanol–water partition coefficient (Wildman–Crippen LogP) is 3.54. The number of aldehydes is 1. The van der Waals surface area contributed by atoms with Crippen molar-refractivity contribution >= 4 is 17.3 Å². The van der Waals surface area contributed by atoms with E-state index < -0.39 is 11.6 Å². The number of carbonyl (C=O) groups excluding carboxylic acids is 1. The van der Waals surface area contributed by atoms with E-state index in [-0.39, 0.29) is 24.2 Å². The van der Waals surface area contributed by atoms with Crippen LogP contribution in [0.15, 0.2) is 30.3 Å². The molecule has 112 valence electrons. The van der Waals surface area contributed by atoms with E-state index in [2.05, 4.69) is 9.97 Å². The Bertz CT molecular complexity index is 859. The van der Waals surface area contributed by atoms with E-state index in [1.54, 1.807) is 0 Å². The first kappa shape index (κ1) is 14.2. The molecule has 0 saturated heterocycles. The van der Waals surface area contributed by atoms with Gasteiger partial charge in [-0.25, -0.2) is 13.8 Å². The van der Waals surface area contributed by atoms with E-state index in [0.29, 0.717) is 5.82 Å². The van der Waals surface area contributed by atoms with Crippen LogP contribution in [0.3, 0.4) is 0 Å². The molecule has 1 aromatic heterocycles. The molecule has 3 rings (SSSR count). The van der Waals surface area contributed by atoms with Crippen LogP contribution in [-0.4, -0.2) is 16.3 Å². The fourth-order valence-electron chi connectivity index (χ4n) is 2.14. The maximum Gasteiger partial charge on any atom is 0.166 e. The highest BCUT2D eigenvalue weighted by molar-refractivity contribution is 5.76. The van der Waals surface area contributed by atoms with Crippen molar-refractivity contribution < 1.29 is 18.3 Å². The molecule has 0 fully saturated rings. The minimum absolute atomic E-state index is 0.0372. The van der Waals surface area contributed by atoms with E-state index in [0.717, 1.165) is 28.7 Å². The van der Waals surface area contributed by atoms with Gasteiger partial charge < -0.3 is 9.72 Å². The zero-order valence-corrected chi connectivity index (χ0v) is 11.7. The minimum atomic E-state index is -0.827. The molecule has 3 aromatic rings. The van der Waals surface area contributed by atoms with Crippen LogP contribution in [0.5, 0.6) is 5.75 Å². The van der Waals surface area contributed by atoms with Gasteiger partial charge in [-0.05, 0) is 30.7 Å². The summed E-state index contributed by atoms with van der Waals surface area (Å²) in [5.74, 6) is -1.39. The Morgan fingerprint density at radius 3 is 2.82 bits per heavy atom. The van der Waals surface area contributed by atoms with Crippen molar-refractivity contribution in [3.8, 4) is 5.75 Å². The van der Waals surface area contributed by atoms with Crippen LogP contribution in [0.1, 0.15) is 21.7 Å². The van der Waals surface area contributed by atoms with Gasteiger partial charge >= 0.3 is 0 Å². The number of aromatic nitrogens is 2. The molecule has 0 saturated carbocycles. The zero-order chi connectivity index (χ0) is 15.7. The molecule has 0 atom stereocenters. The number of carbonyl (C=O) groups is 1. The van der Waals surface area contributed by atoms with E-state index in [9.17, 15) is 13.6 Å². The number of aryl methyl sites for hydroxylation is 1. The Hall–Kier alpha value is -2.76. The van der Waals surface area contributed by atoms with Gasteiger partial charge in [0.15, 0.2) is 17.9 Å². The van der Waals surface area contributed by atoms with Gasteiger partial charge in [-0.15, -0.1) is 0 Å². The fourth-order valence-corrected chi connectivity index (χ4v) is 2.14. The molecular weight excluding hydrogens is 290 g/mol. The van der Waals surface area contributed by atoms with Crippen LogP contribution < -0.4 is 4.74 Å². The van der Waals surface area contributed by atoms with Gasteiger partial charge in [-0.3, -0.25) is 4.79 Å². The number of rotatable bonds is 4. The highest BCUT2D eigenvalue weighted by Crippen LogP contribution is 2.22. The van der Waals surface area contributed by atoms with Crippen molar-refractivity contribution in [2.45, 2.75) is 13.5 Å². The Kier molecular flexibility index (Phi) is 3.58. The highest BCUT2D eigenvalue weighted by Gasteiger charge is 2.12. The molecule has 0 bridgehead atoms. The van der Waals surface area contributed by atoms with Gasteiger partial charge in [-0.2, -0.15) is 0 Å². The second-order valence-electron chi connectivity index (χ2n) is 4.91. The number of hydrogen-bond donors (Lipinski definition) is 1. The van der Waals surface area contributed by atoms with E-state index in [1.807, 2.05) is 25.1 Å². The number of ether oxygens (including phenoxy) is 1. The van der Waals surface area contributed by atoms with Gasteiger partial charge in [-0.1, -0.05) is 6.07 Å². The number of nitrogens with zero attached hydrogens (tertiary/aromatic N) is 1. The first-order valence-electron chi connectivity index (χ1n) is 6.59. The molecule has 0 aliphatic heterocycles. The summed E-state index contributed by atoms with van der Waals surface area (Å²) in [6, 6.07) is 7.39. The van der Waals surface area contributed by atoms with Crippen molar-refractivity contribution in [2.75, 3.05) is 0 Å². The molecule has 1 heterocycles. The fraction of sp³-hybridized carbons (Fsp3) is 0.125. The van der Waals surface area contributed by atoms with Crippen LogP contribution in [0.4, 0.5) is 8.78 Å². The van der Waals surface area contributed by atoms with Crippen LogP contribution in [0, 0.1) is 18.6 Å². The first-order chi connectivity index (χ1) is 10.6. The minimum Gasteiger partial charge on any atom is -0.483 e. The standard InChI is InChI=1S/C16H12F2N2O2/c1-9-2-3-13-14(4-9)20-16(19-13)8-22-15-6-11(17)10(7-21)5-12(15)18/h2-7H,8H2,1H3,(H,19,20). The Morgan fingerprint density at radius 2 is 2.05 bits per heavy atom. The lowest BCUT2D eigenvalue weighted by Gasteiger charge is -2.06. The molecule has 0 amide bonds. The number of aromatic amines is 1. The third-order valence-electron chi connectivity index (χ3n) is 3.23. The lowest BCUT2D eigenvalue weighted by Crippen LogP contribution is -2.01. The number of nitrogens with one attached hydrogen (secondary N) is 1. The Morgan fingerprint density at radius 1 is 1.23 bits per heavy atom. The molecule has 0 radical (unpaired) electrons. The molecule has 4 nitrogen and oxygen atoms in total. The van der Waals surface area contributed by atoms with Crippen LogP contribution in [0.25, 0.3) is 11.0 Å². The van der Waals surface area contributed by atoms with E-state index >= 15 is 0 Å². The maximum absolute atomic E-state index is 13.7. The third kappa shape index (κ3) is 2.67. The molecule has 0 spiro atoms. The van der Waals surface area contributed by atoms with Crippen molar-refractivity contribution in [1.82, 2.24) is 9.97 Å². The lowest BCUT2D eigenvalue weighted by molar-refractivity contribution is 0.111. The molecule has 1 N–H and O–H groups in total. The third-order valence-corrected chi connectivity index (χ3v) is 3.23. The zero-order valence-electron chi connectivity index (χ0n) is 11.7. The average Bonchev–Trinajstić information content (AvgIpc) is 2.89. The van der Waals surface area contributed by atoms with Gasteiger partial charge in [0.05, 0.1) is 16.6 Å². The number of benzene rings is 2. The highest BCUT2D eigenvalue weighted by atomic mass is 19.1. The lowest BCUT2D eigenvalue weighted by atomic mass is 10.2. The van der Waals surface area contributed by atoms with Crippen molar-refractivity contribution in [3.63, 3.8) is 0 Å². The topological polar surface area (TPSA) is 55.0 Å². The number of hydrogen-bond acceptors (Lipinski definition) is 3. The van der Waals surface area contributed by atoms with Gasteiger partial charge in [0.2, 0.25) is 0 Å². The average molecular weight is 302 g/mol. The summed E-state index contributed by atoms with van der Waals surface area (Å²) in [6.45, 7) is 1.92. The summed E-state index contributed by atoms with van der Waals surface area (Å²) in [5.41, 5.74) is 2.36. The molecule has 2 aromatic carbocycles. The van der Waals surface area contributed by atoms with Crippen LogP contribution in [0.2, 0.25) is 0 Å². The van der Waals surface area contributed by atoms with Crippen molar-refractivity contribution in [2.24, 2.45) is 0 Å². The summed E-state index contributed by atoms with van der Waals surface area (Å²) in [7, 11) is 0. The van der Waals surface area contributed by atoms with E-state index in [4.69, 9.17) is 4.74 Å². The van der Waals surface area contributed by atoms with Gasteiger partial charge in [0.1, 0.15) is 18.2 Å². The number of fused-ring (bicyclic) bond motifs is 1. The molecular formula is C16H12F2N2O2. The number of H-pyrrole nitrogens is 1. The summed E-state index contributed by atoms with van der Waals surface area (Å²) in [4.78, 5) is 17.9. The van der Waals surface area contributed by atoms with Gasteiger partial charge in [0, 0.05) is 6.07 Å². The molecule has 0 unspecified atom stereocenters. The summed E-state index contributed by atoms with van der Waals surface area (Å²) < 4.78 is 32.4. The Balaban J connectivity index is 1.81. The summed E-state index contributed by atoms with van der Waals surface area (Å²) in [5, 5.41) is 0. The van der Waals surface area contributed by atoms with E-state index in [1.165, 1.54) is 0 Å². The van der Waals surface area contributed by atoms with Gasteiger partial charge in [0.25, 0.3) is 0 Å². The van der Waals surface area contributed by atoms with Crippen LogP contribution >= 0.6 is 0 Å². The van der Waals surface area contributed by atoms with Crippen molar-refractivity contribution in [1.29, 1.82) is 0 Å². The largest absolute Gasteiger partial charge is 0.483 e. The van der Waals surface area contributed by atoms with Crippen LogP contribution in [-0.2, 0) is 6.61 Å². The predicted molar refractivity (Wildman–Crippen MR) is 76.9 cm³/mol. The molecule has 6 heteroatoms. The smallest absolute Gasteiger partial charge is 0.166 e. The SMILES string of the molecule is Cc1ccc2nc(COc3cc(F)c(C=O)cc3F)[nH]c2c1. The molecule has 0 aliphatic carbocycles. The maximum atomic E-state index is 13.7. The monoisotopic (exact) mass is 302 g/mol. The normalized spacial score (nSPS) is 10.9. The molecule has 22 heavy (non-hydrogen) atoms. The quantitative estimate of drug-likeness (QED) is 0.750. The second kappa shape index (κ2) is 5.55. The number of imidazole rings is 1. The second-order valence-corrected chi connectivity index (χ2v) is 4.91. The molecule has 0 aliphatic rings. The number of halogens is 2. The summed E-state index contributed by atoms with van der Waals surface area (Å²) in [6.07, 6.45) is 0.254. The van der Waals surface area contributed by atoms with Crippen molar-refractivity contribution in [3.05, 3.63) is 58.9 Å². The Labute approximate surface area is 124 Å².